The standard InChI is InChI=1S/C17H21F3N4OS/c18-13-2-1-3-14(23-13)25-9-11-4-6-24(7-5-11)12(8-21)16-15(17(19)20)22-10-26-16/h1-3,10-12,17H,4-9,21H2. The quantitative estimate of drug-likeness (QED) is 0.739. The van der Waals surface area contributed by atoms with Crippen molar-refractivity contribution in [3.63, 3.8) is 0 Å². The topological polar surface area (TPSA) is 64.3 Å². The summed E-state index contributed by atoms with van der Waals surface area (Å²) in [6.45, 7) is 2.22. The number of ether oxygens (including phenoxy) is 1. The number of nitrogens with two attached hydrogens (primary N) is 1. The molecule has 5 nitrogen and oxygen atoms in total. The van der Waals surface area contributed by atoms with Crippen LogP contribution in [0.1, 0.15) is 35.9 Å². The summed E-state index contributed by atoms with van der Waals surface area (Å²) in [6, 6.07) is 4.21. The Hall–Kier alpha value is -1.71. The van der Waals surface area contributed by atoms with Gasteiger partial charge in [0.05, 0.1) is 23.0 Å². The van der Waals surface area contributed by atoms with Crippen molar-refractivity contribution in [1.82, 2.24) is 14.9 Å². The Labute approximate surface area is 154 Å². The van der Waals surface area contributed by atoms with E-state index in [-0.39, 0.29) is 24.2 Å². The van der Waals surface area contributed by atoms with Crippen molar-refractivity contribution in [3.8, 4) is 5.88 Å². The van der Waals surface area contributed by atoms with E-state index in [1.165, 1.54) is 22.9 Å². The van der Waals surface area contributed by atoms with Crippen molar-refractivity contribution in [2.45, 2.75) is 25.3 Å². The second kappa shape index (κ2) is 8.79. The fourth-order valence-electron chi connectivity index (χ4n) is 3.20. The summed E-state index contributed by atoms with van der Waals surface area (Å²) in [5.74, 6) is 0.0202. The summed E-state index contributed by atoms with van der Waals surface area (Å²) in [5, 5.41) is 0. The van der Waals surface area contributed by atoms with Crippen molar-refractivity contribution in [1.29, 1.82) is 0 Å². The van der Waals surface area contributed by atoms with E-state index in [1.54, 1.807) is 12.1 Å². The third kappa shape index (κ3) is 4.52. The molecule has 1 aliphatic rings. The summed E-state index contributed by atoms with van der Waals surface area (Å²) in [7, 11) is 0. The van der Waals surface area contributed by atoms with Gasteiger partial charge < -0.3 is 10.5 Å². The normalized spacial score (nSPS) is 17.6. The Bertz CT molecular complexity index is 707. The molecule has 2 N–H and O–H groups in total. The molecule has 1 saturated heterocycles. The molecule has 0 spiro atoms. The number of piperidine rings is 1. The molecule has 1 aliphatic heterocycles. The first-order chi connectivity index (χ1) is 12.6. The molecule has 1 fully saturated rings. The van der Waals surface area contributed by atoms with Gasteiger partial charge in [0.2, 0.25) is 11.8 Å². The summed E-state index contributed by atoms with van der Waals surface area (Å²) in [6.07, 6.45) is -0.876. The highest BCUT2D eigenvalue weighted by molar-refractivity contribution is 7.09. The number of thiazole rings is 1. The molecule has 26 heavy (non-hydrogen) atoms. The predicted octanol–water partition coefficient (Wildman–Crippen LogP) is 3.41. The van der Waals surface area contributed by atoms with Gasteiger partial charge in [0.1, 0.15) is 5.69 Å². The number of likely N-dealkylation sites (tertiary alicyclic amines) is 1. The molecule has 0 aromatic carbocycles. The third-order valence-corrected chi connectivity index (χ3v) is 5.55. The average Bonchev–Trinajstić information content (AvgIpc) is 3.11. The summed E-state index contributed by atoms with van der Waals surface area (Å²) in [4.78, 5) is 10.2. The van der Waals surface area contributed by atoms with Gasteiger partial charge in [0.15, 0.2) is 0 Å². The maximum absolute atomic E-state index is 13.1. The Morgan fingerprint density at radius 1 is 1.31 bits per heavy atom. The van der Waals surface area contributed by atoms with E-state index < -0.39 is 12.4 Å². The van der Waals surface area contributed by atoms with Gasteiger partial charge in [-0.15, -0.1) is 11.3 Å². The zero-order valence-corrected chi connectivity index (χ0v) is 15.0. The van der Waals surface area contributed by atoms with Crippen molar-refractivity contribution < 1.29 is 17.9 Å². The Morgan fingerprint density at radius 2 is 2.08 bits per heavy atom. The van der Waals surface area contributed by atoms with Crippen LogP contribution in [-0.2, 0) is 0 Å². The number of pyridine rings is 1. The molecule has 0 amide bonds. The number of hydrogen-bond donors (Lipinski definition) is 1. The number of rotatable bonds is 7. The molecule has 0 radical (unpaired) electrons. The largest absolute Gasteiger partial charge is 0.477 e. The van der Waals surface area contributed by atoms with Crippen LogP contribution in [0.15, 0.2) is 23.7 Å². The molecule has 1 unspecified atom stereocenters. The number of halogens is 3. The van der Waals surface area contributed by atoms with Crippen molar-refractivity contribution in [2.75, 3.05) is 26.2 Å². The number of alkyl halides is 2. The minimum atomic E-state index is -2.59. The van der Waals surface area contributed by atoms with Crippen LogP contribution in [0, 0.1) is 11.9 Å². The monoisotopic (exact) mass is 386 g/mol. The fraction of sp³-hybridized carbons (Fsp3) is 0.529. The number of aromatic nitrogens is 2. The van der Waals surface area contributed by atoms with E-state index in [0.717, 1.165) is 25.9 Å². The van der Waals surface area contributed by atoms with Gasteiger partial charge in [-0.05, 0) is 37.9 Å². The van der Waals surface area contributed by atoms with Crippen molar-refractivity contribution in [2.24, 2.45) is 11.7 Å². The minimum absolute atomic E-state index is 0.159. The van der Waals surface area contributed by atoms with E-state index in [2.05, 4.69) is 14.9 Å². The molecule has 2 aromatic heterocycles. The summed E-state index contributed by atoms with van der Waals surface area (Å²) >= 11 is 1.23. The minimum Gasteiger partial charge on any atom is -0.477 e. The van der Waals surface area contributed by atoms with E-state index in [0.29, 0.717) is 17.4 Å². The van der Waals surface area contributed by atoms with Gasteiger partial charge in [0.25, 0.3) is 6.43 Å². The molecule has 0 saturated carbocycles. The van der Waals surface area contributed by atoms with Gasteiger partial charge in [-0.25, -0.2) is 13.8 Å². The lowest BCUT2D eigenvalue weighted by Gasteiger charge is -2.36. The lowest BCUT2D eigenvalue weighted by atomic mass is 9.96. The second-order valence-electron chi connectivity index (χ2n) is 6.24. The number of nitrogens with zero attached hydrogens (tertiary/aromatic N) is 3. The van der Waals surface area contributed by atoms with Crippen LogP contribution >= 0.6 is 11.3 Å². The Morgan fingerprint density at radius 3 is 2.73 bits per heavy atom. The van der Waals surface area contributed by atoms with Crippen LogP contribution in [0.4, 0.5) is 13.2 Å². The molecule has 9 heteroatoms. The Balaban J connectivity index is 1.54. The molecule has 0 aliphatic carbocycles. The van der Waals surface area contributed by atoms with Crippen LogP contribution in [0.5, 0.6) is 5.88 Å². The first-order valence-electron chi connectivity index (χ1n) is 8.49. The van der Waals surface area contributed by atoms with E-state index >= 15 is 0 Å². The van der Waals surface area contributed by atoms with Gasteiger partial charge in [-0.2, -0.15) is 9.37 Å². The highest BCUT2D eigenvalue weighted by Gasteiger charge is 2.30. The second-order valence-corrected chi connectivity index (χ2v) is 7.13. The lowest BCUT2D eigenvalue weighted by Crippen LogP contribution is -2.41. The Kier molecular flexibility index (Phi) is 6.44. The molecule has 142 valence electrons. The van der Waals surface area contributed by atoms with Gasteiger partial charge >= 0.3 is 0 Å². The molecular formula is C17H21F3N4OS. The smallest absolute Gasteiger partial charge is 0.281 e. The lowest BCUT2D eigenvalue weighted by molar-refractivity contribution is 0.104. The molecule has 0 bridgehead atoms. The molecule has 3 rings (SSSR count). The molecule has 2 aromatic rings. The molecule has 3 heterocycles. The van der Waals surface area contributed by atoms with Crippen LogP contribution in [-0.4, -0.2) is 41.1 Å². The van der Waals surface area contributed by atoms with Crippen LogP contribution in [0.25, 0.3) is 0 Å². The zero-order valence-electron chi connectivity index (χ0n) is 14.2. The zero-order chi connectivity index (χ0) is 18.5. The first-order valence-corrected chi connectivity index (χ1v) is 9.37. The maximum atomic E-state index is 13.1. The van der Waals surface area contributed by atoms with Crippen LogP contribution in [0.3, 0.4) is 0 Å². The highest BCUT2D eigenvalue weighted by atomic mass is 32.1. The SMILES string of the molecule is NCC(c1scnc1C(F)F)N1CCC(COc2cccc(F)n2)CC1. The molecule has 1 atom stereocenters. The van der Waals surface area contributed by atoms with Crippen molar-refractivity contribution >= 4 is 11.3 Å². The number of hydrogen-bond acceptors (Lipinski definition) is 6. The molecular weight excluding hydrogens is 365 g/mol. The van der Waals surface area contributed by atoms with Gasteiger partial charge in [-0.3, -0.25) is 4.90 Å². The van der Waals surface area contributed by atoms with Crippen LogP contribution < -0.4 is 10.5 Å². The average molecular weight is 386 g/mol. The third-order valence-electron chi connectivity index (χ3n) is 4.60. The fourth-order valence-corrected chi connectivity index (χ4v) is 4.15. The van der Waals surface area contributed by atoms with Gasteiger partial charge in [0, 0.05) is 12.6 Å². The predicted molar refractivity (Wildman–Crippen MR) is 92.9 cm³/mol. The van der Waals surface area contributed by atoms with Gasteiger partial charge in [-0.1, -0.05) is 6.07 Å². The summed E-state index contributed by atoms with van der Waals surface area (Å²) in [5.41, 5.74) is 7.16. The first kappa shape index (κ1) is 19.1. The van der Waals surface area contributed by atoms with E-state index in [1.807, 2.05) is 0 Å². The van der Waals surface area contributed by atoms with Crippen molar-refractivity contribution in [3.05, 3.63) is 40.2 Å². The van der Waals surface area contributed by atoms with E-state index in [4.69, 9.17) is 10.5 Å². The van der Waals surface area contributed by atoms with E-state index in [9.17, 15) is 13.2 Å². The highest BCUT2D eigenvalue weighted by Crippen LogP contribution is 2.34. The maximum Gasteiger partial charge on any atom is 0.281 e. The van der Waals surface area contributed by atoms with Crippen LogP contribution in [0.2, 0.25) is 0 Å². The summed E-state index contributed by atoms with van der Waals surface area (Å²) < 4.78 is 44.9.